The molecule has 0 radical (unpaired) electrons. The lowest BCUT2D eigenvalue weighted by Gasteiger charge is -1.99. The Balaban J connectivity index is 3.03. The average molecular weight is 282 g/mol. The molecule has 2 nitrogen and oxygen atoms in total. The van der Waals surface area contributed by atoms with Gasteiger partial charge in [-0.25, -0.2) is 0 Å². The van der Waals surface area contributed by atoms with Crippen LogP contribution in [0, 0.1) is 0 Å². The van der Waals surface area contributed by atoms with Gasteiger partial charge in [-0.1, -0.05) is 57.1 Å². The average Bonchev–Trinajstić information content (AvgIpc) is 2.47. The van der Waals surface area contributed by atoms with Crippen molar-refractivity contribution in [3.8, 4) is 0 Å². The Bertz CT molecular complexity index is 211. The molecule has 0 aromatic heterocycles. The van der Waals surface area contributed by atoms with Gasteiger partial charge in [0, 0.05) is 13.0 Å². The number of rotatable bonds is 16. The third-order valence-electron chi connectivity index (χ3n) is 3.64. The van der Waals surface area contributed by atoms with Crippen molar-refractivity contribution in [2.75, 3.05) is 6.61 Å². The van der Waals surface area contributed by atoms with Crippen molar-refractivity contribution in [1.29, 1.82) is 0 Å². The van der Waals surface area contributed by atoms with E-state index in [2.05, 4.69) is 12.2 Å². The van der Waals surface area contributed by atoms with Gasteiger partial charge in [0.15, 0.2) is 0 Å². The number of hydrogen-bond donors (Lipinski definition) is 1. The number of unbranched alkanes of at least 4 members (excludes halogenated alkanes) is 12. The first-order valence-corrected chi connectivity index (χ1v) is 8.61. The van der Waals surface area contributed by atoms with Crippen LogP contribution in [0.2, 0.25) is 0 Å². The maximum Gasteiger partial charge on any atom is 0.119 e. The molecule has 0 unspecified atom stereocenters. The molecule has 0 aliphatic heterocycles. The molecule has 0 aromatic rings. The van der Waals surface area contributed by atoms with E-state index in [9.17, 15) is 4.79 Å². The molecule has 0 aliphatic rings. The first kappa shape index (κ1) is 19.4. The normalized spacial score (nSPS) is 11.2. The summed E-state index contributed by atoms with van der Waals surface area (Å²) in [6.45, 7) is 0.347. The predicted octanol–water partition coefficient (Wildman–Crippen LogP) is 5.20. The van der Waals surface area contributed by atoms with Gasteiger partial charge in [-0.2, -0.15) is 0 Å². The fourth-order valence-electron chi connectivity index (χ4n) is 2.34. The molecule has 118 valence electrons. The minimum absolute atomic E-state index is 0.347. The fourth-order valence-corrected chi connectivity index (χ4v) is 2.34. The highest BCUT2D eigenvalue weighted by Crippen LogP contribution is 2.09. The number of aldehydes is 1. The second-order valence-corrected chi connectivity index (χ2v) is 5.62. The Morgan fingerprint density at radius 2 is 0.950 bits per heavy atom. The lowest BCUT2D eigenvalue weighted by molar-refractivity contribution is -0.107. The van der Waals surface area contributed by atoms with Crippen LogP contribution < -0.4 is 0 Å². The summed E-state index contributed by atoms with van der Waals surface area (Å²) in [5.74, 6) is 0. The SMILES string of the molecule is O=CCCCCCCC/C=C\CCCCCCCCO. The highest BCUT2D eigenvalue weighted by Gasteiger charge is 1.91. The van der Waals surface area contributed by atoms with Gasteiger partial charge < -0.3 is 9.90 Å². The molecule has 0 spiro atoms. The minimum atomic E-state index is 0.347. The molecule has 0 atom stereocenters. The van der Waals surface area contributed by atoms with E-state index in [-0.39, 0.29) is 0 Å². The summed E-state index contributed by atoms with van der Waals surface area (Å²) < 4.78 is 0. The molecule has 0 heterocycles. The molecule has 20 heavy (non-hydrogen) atoms. The zero-order valence-corrected chi connectivity index (χ0v) is 13.2. The van der Waals surface area contributed by atoms with Crippen LogP contribution in [0.25, 0.3) is 0 Å². The molecule has 0 saturated carbocycles. The van der Waals surface area contributed by atoms with Crippen LogP contribution in [0.1, 0.15) is 89.9 Å². The largest absolute Gasteiger partial charge is 0.396 e. The van der Waals surface area contributed by atoms with Gasteiger partial charge in [-0.15, -0.1) is 0 Å². The van der Waals surface area contributed by atoms with Crippen LogP contribution in [0.15, 0.2) is 12.2 Å². The van der Waals surface area contributed by atoms with Crippen LogP contribution in [-0.2, 0) is 4.79 Å². The quantitative estimate of drug-likeness (QED) is 0.240. The number of aliphatic hydroxyl groups is 1. The maximum atomic E-state index is 10.1. The lowest BCUT2D eigenvalue weighted by atomic mass is 10.1. The van der Waals surface area contributed by atoms with E-state index in [1.807, 2.05) is 0 Å². The van der Waals surface area contributed by atoms with Crippen molar-refractivity contribution < 1.29 is 9.90 Å². The predicted molar refractivity (Wildman–Crippen MR) is 86.9 cm³/mol. The molecule has 0 bridgehead atoms. The molecular weight excluding hydrogens is 248 g/mol. The summed E-state index contributed by atoms with van der Waals surface area (Å²) in [4.78, 5) is 10.1. The van der Waals surface area contributed by atoms with E-state index in [4.69, 9.17) is 5.11 Å². The van der Waals surface area contributed by atoms with Gasteiger partial charge in [-0.3, -0.25) is 0 Å². The van der Waals surface area contributed by atoms with E-state index in [1.165, 1.54) is 70.6 Å². The number of carbonyl (C=O) groups is 1. The number of carbonyl (C=O) groups excluding carboxylic acids is 1. The van der Waals surface area contributed by atoms with E-state index in [0.717, 1.165) is 25.5 Å². The van der Waals surface area contributed by atoms with Gasteiger partial charge in [0.25, 0.3) is 0 Å². The van der Waals surface area contributed by atoms with Gasteiger partial charge >= 0.3 is 0 Å². The molecule has 0 rings (SSSR count). The number of allylic oxidation sites excluding steroid dienone is 2. The van der Waals surface area contributed by atoms with Crippen LogP contribution in [0.5, 0.6) is 0 Å². The standard InChI is InChI=1S/C18H34O2/c19-17-15-13-11-9-7-5-3-1-2-4-6-8-10-12-14-16-18-20/h1-2,17,20H,3-16,18H2/b2-1-. The molecular formula is C18H34O2. The second kappa shape index (κ2) is 18.4. The van der Waals surface area contributed by atoms with E-state index in [0.29, 0.717) is 6.61 Å². The van der Waals surface area contributed by atoms with Crippen LogP contribution in [-0.4, -0.2) is 18.0 Å². The molecule has 0 aromatic carbocycles. The summed E-state index contributed by atoms with van der Waals surface area (Å²) in [7, 11) is 0. The first-order valence-electron chi connectivity index (χ1n) is 8.61. The van der Waals surface area contributed by atoms with Crippen molar-refractivity contribution in [2.24, 2.45) is 0 Å². The Morgan fingerprint density at radius 3 is 1.40 bits per heavy atom. The zero-order chi connectivity index (χ0) is 14.7. The van der Waals surface area contributed by atoms with Crippen molar-refractivity contribution >= 4 is 6.29 Å². The summed E-state index contributed by atoms with van der Waals surface area (Å²) >= 11 is 0. The van der Waals surface area contributed by atoms with Crippen LogP contribution in [0.4, 0.5) is 0 Å². The highest BCUT2D eigenvalue weighted by atomic mass is 16.2. The van der Waals surface area contributed by atoms with Gasteiger partial charge in [-0.05, 0) is 38.5 Å². The van der Waals surface area contributed by atoms with Crippen molar-refractivity contribution in [2.45, 2.75) is 89.9 Å². The molecule has 1 N–H and O–H groups in total. The van der Waals surface area contributed by atoms with Crippen LogP contribution in [0.3, 0.4) is 0 Å². The Morgan fingerprint density at radius 1 is 0.550 bits per heavy atom. The molecule has 0 fully saturated rings. The molecule has 0 aliphatic carbocycles. The third kappa shape index (κ3) is 17.4. The number of hydrogen-bond acceptors (Lipinski definition) is 2. The van der Waals surface area contributed by atoms with E-state index < -0.39 is 0 Å². The molecule has 2 heteroatoms. The van der Waals surface area contributed by atoms with E-state index in [1.54, 1.807) is 0 Å². The summed E-state index contributed by atoms with van der Waals surface area (Å²) in [5, 5.41) is 8.66. The Kier molecular flexibility index (Phi) is 17.8. The van der Waals surface area contributed by atoms with Gasteiger partial charge in [0.05, 0.1) is 0 Å². The topological polar surface area (TPSA) is 37.3 Å². The summed E-state index contributed by atoms with van der Waals surface area (Å²) in [5.41, 5.74) is 0. The number of aliphatic hydroxyl groups excluding tert-OH is 1. The van der Waals surface area contributed by atoms with E-state index >= 15 is 0 Å². The van der Waals surface area contributed by atoms with Gasteiger partial charge in [0.1, 0.15) is 6.29 Å². The third-order valence-corrected chi connectivity index (χ3v) is 3.64. The molecule has 0 saturated heterocycles. The Labute approximate surface area is 125 Å². The Hall–Kier alpha value is -0.630. The van der Waals surface area contributed by atoms with Crippen molar-refractivity contribution in [3.63, 3.8) is 0 Å². The highest BCUT2D eigenvalue weighted by molar-refractivity contribution is 5.48. The fraction of sp³-hybridized carbons (Fsp3) is 0.833. The summed E-state index contributed by atoms with van der Waals surface area (Å²) in [6.07, 6.45) is 22.4. The lowest BCUT2D eigenvalue weighted by Crippen LogP contribution is -1.83. The van der Waals surface area contributed by atoms with Gasteiger partial charge in [0.2, 0.25) is 0 Å². The zero-order valence-electron chi connectivity index (χ0n) is 13.2. The van der Waals surface area contributed by atoms with Crippen molar-refractivity contribution in [3.05, 3.63) is 12.2 Å². The smallest absolute Gasteiger partial charge is 0.119 e. The summed E-state index contributed by atoms with van der Waals surface area (Å²) in [6, 6.07) is 0. The first-order chi connectivity index (χ1) is 9.91. The maximum absolute atomic E-state index is 10.1. The van der Waals surface area contributed by atoms with Crippen molar-refractivity contribution in [1.82, 2.24) is 0 Å². The van der Waals surface area contributed by atoms with Crippen LogP contribution >= 0.6 is 0 Å². The monoisotopic (exact) mass is 282 g/mol. The molecule has 0 amide bonds. The minimum Gasteiger partial charge on any atom is -0.396 e. The second-order valence-electron chi connectivity index (χ2n) is 5.62.